The maximum Gasteiger partial charge on any atom is 0.333 e. The summed E-state index contributed by atoms with van der Waals surface area (Å²) in [6.07, 6.45) is 0. The number of primary amides is 2. The summed E-state index contributed by atoms with van der Waals surface area (Å²) >= 11 is 6.05. The van der Waals surface area contributed by atoms with Crippen LogP contribution < -0.4 is 31.6 Å². The number of sulfonamides is 1. The van der Waals surface area contributed by atoms with E-state index in [1.54, 1.807) is 6.07 Å². The number of carbonyl (C=O) groups excluding carboxylic acids is 3. The number of anilines is 1. The maximum absolute atomic E-state index is 12.8. The van der Waals surface area contributed by atoms with Crippen LogP contribution >= 0.6 is 11.6 Å². The fraction of sp³-hybridized carbons (Fsp3) is 0.200. The molecule has 2 aromatic carbocycles. The number of nitrogen functional groups attached to an aromatic ring is 1. The summed E-state index contributed by atoms with van der Waals surface area (Å²) in [6.45, 7) is 0.813. The van der Waals surface area contributed by atoms with Crippen LogP contribution in [-0.2, 0) is 21.4 Å². The molecule has 0 radical (unpaired) electrons. The number of urea groups is 1. The second-order valence-electron chi connectivity index (χ2n) is 6.88. The number of nitrogens with one attached hydrogen (secondary N) is 2. The number of hydrogen-bond acceptors (Lipinski definition) is 7. The molecule has 34 heavy (non-hydrogen) atoms. The molecule has 4 amide bonds. The summed E-state index contributed by atoms with van der Waals surface area (Å²) in [5, 5.41) is 10.1. The highest BCUT2D eigenvalue weighted by Gasteiger charge is 2.27. The van der Waals surface area contributed by atoms with Gasteiger partial charge in [0.05, 0.1) is 11.4 Å². The van der Waals surface area contributed by atoms with E-state index in [-0.39, 0.29) is 34.4 Å². The number of nitrogens with two attached hydrogens (primary N) is 3. The second-order valence-corrected chi connectivity index (χ2v) is 9.42. The molecule has 0 aliphatic heterocycles. The Balaban J connectivity index is 2.32. The lowest BCUT2D eigenvalue weighted by Gasteiger charge is -2.20. The summed E-state index contributed by atoms with van der Waals surface area (Å²) in [7, 11) is -4.07. The van der Waals surface area contributed by atoms with E-state index in [4.69, 9.17) is 38.9 Å². The van der Waals surface area contributed by atoms with Gasteiger partial charge in [0.15, 0.2) is 6.61 Å². The van der Waals surface area contributed by atoms with Crippen molar-refractivity contribution in [1.29, 1.82) is 5.41 Å². The SMILES string of the molecule is CCS(=O)(=O)N(C(N)=O)c1cc(Cl)cc(C(=O)NCc2ccc(C(=N)N)cc2OCC(N)=O)c1. The molecule has 0 heterocycles. The molecule has 0 saturated heterocycles. The Hall–Kier alpha value is -3.84. The summed E-state index contributed by atoms with van der Waals surface area (Å²) in [6, 6.07) is 6.86. The first-order valence-electron chi connectivity index (χ1n) is 9.65. The van der Waals surface area contributed by atoms with Gasteiger partial charge in [-0.05, 0) is 31.2 Å². The van der Waals surface area contributed by atoms with E-state index in [1.165, 1.54) is 31.2 Å². The Morgan fingerprint density at radius 2 is 1.76 bits per heavy atom. The van der Waals surface area contributed by atoms with Crippen LogP contribution in [0.25, 0.3) is 0 Å². The van der Waals surface area contributed by atoms with Gasteiger partial charge in [0.25, 0.3) is 11.8 Å². The molecule has 182 valence electrons. The van der Waals surface area contributed by atoms with Gasteiger partial charge in [-0.15, -0.1) is 0 Å². The predicted octanol–water partition coefficient (Wildman–Crippen LogP) is 0.653. The van der Waals surface area contributed by atoms with E-state index < -0.39 is 40.2 Å². The zero-order chi connectivity index (χ0) is 25.6. The number of benzene rings is 2. The molecule has 0 aromatic heterocycles. The minimum absolute atomic E-state index is 0.00325. The Morgan fingerprint density at radius 3 is 2.32 bits per heavy atom. The number of carbonyl (C=O) groups is 3. The van der Waals surface area contributed by atoms with Crippen LogP contribution in [0.3, 0.4) is 0 Å². The van der Waals surface area contributed by atoms with Crippen LogP contribution in [0, 0.1) is 5.41 Å². The van der Waals surface area contributed by atoms with Crippen molar-refractivity contribution in [1.82, 2.24) is 5.32 Å². The highest BCUT2D eigenvalue weighted by molar-refractivity contribution is 7.93. The molecule has 2 aromatic rings. The first-order valence-corrected chi connectivity index (χ1v) is 11.6. The molecule has 0 fully saturated rings. The van der Waals surface area contributed by atoms with Crippen molar-refractivity contribution < 1.29 is 27.5 Å². The first kappa shape index (κ1) is 26.4. The molecule has 8 N–H and O–H groups in total. The highest BCUT2D eigenvalue weighted by atomic mass is 35.5. The van der Waals surface area contributed by atoms with Crippen molar-refractivity contribution in [2.24, 2.45) is 17.2 Å². The van der Waals surface area contributed by atoms with Crippen LogP contribution in [0.4, 0.5) is 10.5 Å². The quantitative estimate of drug-likeness (QED) is 0.227. The van der Waals surface area contributed by atoms with Gasteiger partial charge in [-0.3, -0.25) is 15.0 Å². The molecule has 14 heteroatoms. The van der Waals surface area contributed by atoms with Crippen molar-refractivity contribution in [2.45, 2.75) is 13.5 Å². The first-order chi connectivity index (χ1) is 15.9. The molecule has 0 atom stereocenters. The highest BCUT2D eigenvalue weighted by Crippen LogP contribution is 2.26. The molecule has 0 unspecified atom stereocenters. The summed E-state index contributed by atoms with van der Waals surface area (Å²) < 4.78 is 30.3. The van der Waals surface area contributed by atoms with Crippen LogP contribution in [0.5, 0.6) is 5.75 Å². The zero-order valence-electron chi connectivity index (χ0n) is 18.0. The summed E-state index contributed by atoms with van der Waals surface area (Å²) in [5.41, 5.74) is 16.4. The smallest absolute Gasteiger partial charge is 0.333 e. The fourth-order valence-electron chi connectivity index (χ4n) is 2.81. The Morgan fingerprint density at radius 1 is 1.09 bits per heavy atom. The van der Waals surface area contributed by atoms with Crippen LogP contribution in [0.2, 0.25) is 5.02 Å². The van der Waals surface area contributed by atoms with Crippen LogP contribution in [0.15, 0.2) is 36.4 Å². The Labute approximate surface area is 200 Å². The van der Waals surface area contributed by atoms with Crippen molar-refractivity contribution in [3.05, 3.63) is 58.1 Å². The van der Waals surface area contributed by atoms with Gasteiger partial charge in [0, 0.05) is 28.3 Å². The van der Waals surface area contributed by atoms with Crippen molar-refractivity contribution in [3.8, 4) is 5.75 Å². The lowest BCUT2D eigenvalue weighted by atomic mass is 10.1. The van der Waals surface area contributed by atoms with E-state index in [9.17, 15) is 22.8 Å². The zero-order valence-corrected chi connectivity index (χ0v) is 19.6. The van der Waals surface area contributed by atoms with Crippen molar-refractivity contribution in [3.63, 3.8) is 0 Å². The van der Waals surface area contributed by atoms with Gasteiger partial charge >= 0.3 is 6.03 Å². The van der Waals surface area contributed by atoms with E-state index in [0.717, 1.165) is 6.07 Å². The van der Waals surface area contributed by atoms with Gasteiger partial charge < -0.3 is 27.3 Å². The molecule has 0 saturated carbocycles. The number of amidine groups is 1. The van der Waals surface area contributed by atoms with Crippen LogP contribution in [-0.4, -0.2) is 44.5 Å². The number of nitrogens with zero attached hydrogens (tertiary/aromatic N) is 1. The number of amides is 4. The lowest BCUT2D eigenvalue weighted by molar-refractivity contribution is -0.119. The molecular formula is C20H23ClN6O6S. The average Bonchev–Trinajstić information content (AvgIpc) is 2.75. The standard InChI is InChI=1S/C20H23ClN6O6S/c1-2-34(31,32)27(20(25)30)15-6-13(5-14(21)8-15)19(29)26-9-12-4-3-11(18(23)24)7-16(12)33-10-17(22)28/h3-8H,2,9-10H2,1H3,(H2,22,28)(H3,23,24)(H2,25,30)(H,26,29). The molecular weight excluding hydrogens is 488 g/mol. The normalized spacial score (nSPS) is 10.9. The largest absolute Gasteiger partial charge is 0.483 e. The van der Waals surface area contributed by atoms with E-state index >= 15 is 0 Å². The number of ether oxygens (including phenoxy) is 1. The molecule has 0 aliphatic carbocycles. The number of rotatable bonds is 10. The molecule has 12 nitrogen and oxygen atoms in total. The average molecular weight is 511 g/mol. The second kappa shape index (κ2) is 10.9. The molecule has 0 bridgehead atoms. The minimum Gasteiger partial charge on any atom is -0.483 e. The third-order valence-corrected chi connectivity index (χ3v) is 6.30. The van der Waals surface area contributed by atoms with Gasteiger partial charge in [0.2, 0.25) is 10.0 Å². The summed E-state index contributed by atoms with van der Waals surface area (Å²) in [5.74, 6) is -1.84. The Bertz CT molecular complexity index is 1250. The van der Waals surface area contributed by atoms with Crippen molar-refractivity contribution in [2.75, 3.05) is 16.7 Å². The maximum atomic E-state index is 12.8. The fourth-order valence-corrected chi connectivity index (χ4v) is 3.99. The molecule has 0 spiro atoms. The molecule has 0 aliphatic rings. The molecule has 2 rings (SSSR count). The van der Waals surface area contributed by atoms with E-state index in [2.05, 4.69) is 5.32 Å². The van der Waals surface area contributed by atoms with Crippen molar-refractivity contribution >= 4 is 51.0 Å². The topological polar surface area (TPSA) is 212 Å². The predicted molar refractivity (Wildman–Crippen MR) is 126 cm³/mol. The number of halogens is 1. The van der Waals surface area contributed by atoms with Gasteiger partial charge in [-0.2, -0.15) is 4.31 Å². The van der Waals surface area contributed by atoms with Crippen LogP contribution in [0.1, 0.15) is 28.4 Å². The van der Waals surface area contributed by atoms with E-state index in [0.29, 0.717) is 15.4 Å². The van der Waals surface area contributed by atoms with E-state index in [1.807, 2.05) is 0 Å². The van der Waals surface area contributed by atoms with Gasteiger partial charge in [-0.25, -0.2) is 13.2 Å². The lowest BCUT2D eigenvalue weighted by Crippen LogP contribution is -2.41. The Kier molecular flexibility index (Phi) is 8.43. The van der Waals surface area contributed by atoms with Gasteiger partial charge in [-0.1, -0.05) is 23.7 Å². The third-order valence-electron chi connectivity index (χ3n) is 4.41. The minimum atomic E-state index is -4.07. The third kappa shape index (κ3) is 6.59. The summed E-state index contributed by atoms with van der Waals surface area (Å²) in [4.78, 5) is 35.6. The van der Waals surface area contributed by atoms with Gasteiger partial charge in [0.1, 0.15) is 11.6 Å². The monoisotopic (exact) mass is 510 g/mol. The number of hydrogen-bond donors (Lipinski definition) is 5.